The Kier molecular flexibility index (Phi) is 6.61. The Morgan fingerprint density at radius 2 is 2.03 bits per heavy atom. The summed E-state index contributed by atoms with van der Waals surface area (Å²) in [5.41, 5.74) is 3.44. The molecule has 0 aliphatic heterocycles. The molecule has 0 fully saturated rings. The Hall–Kier alpha value is -4.28. The van der Waals surface area contributed by atoms with Crippen molar-refractivity contribution in [2.75, 3.05) is 7.11 Å². The molecule has 0 spiro atoms. The Morgan fingerprint density at radius 1 is 1.14 bits per heavy atom. The molecular weight excluding hydrogens is 500 g/mol. The first-order valence-electron chi connectivity index (χ1n) is 10.8. The summed E-state index contributed by atoms with van der Waals surface area (Å²) in [7, 11) is 1.55. The van der Waals surface area contributed by atoms with Crippen LogP contribution in [0.3, 0.4) is 0 Å². The van der Waals surface area contributed by atoms with Crippen molar-refractivity contribution in [3.8, 4) is 28.4 Å². The number of benzene rings is 1. The maximum Gasteiger partial charge on any atom is 0.261 e. The Bertz CT molecular complexity index is 1590. The molecule has 9 nitrogen and oxygen atoms in total. The SMILES string of the molecule is COc1ccc(-c2cc(-n3ccccc3=O)ccc2-n2cc(CNC(=O)c3ccc(Cl)s3)nn2)cn1. The van der Waals surface area contributed by atoms with Crippen LogP contribution in [0, 0.1) is 0 Å². The third kappa shape index (κ3) is 4.90. The van der Waals surface area contributed by atoms with Crippen LogP contribution in [0.1, 0.15) is 15.4 Å². The van der Waals surface area contributed by atoms with Gasteiger partial charge in [-0.2, -0.15) is 0 Å². The van der Waals surface area contributed by atoms with Crippen LogP contribution >= 0.6 is 22.9 Å². The molecule has 5 aromatic rings. The molecule has 0 saturated heterocycles. The van der Waals surface area contributed by atoms with E-state index >= 15 is 0 Å². The standard InChI is InChI=1S/C25H19ClN6O3S/c1-35-23-10-5-16(13-27-23)19-12-18(31-11-3-2-4-24(31)33)6-7-20(19)32-15-17(29-30-32)14-28-25(34)21-8-9-22(26)36-21/h2-13,15H,14H2,1H3,(H,28,34). The molecule has 36 heavy (non-hydrogen) atoms. The van der Waals surface area contributed by atoms with Crippen molar-refractivity contribution in [2.24, 2.45) is 0 Å². The van der Waals surface area contributed by atoms with Crippen molar-refractivity contribution in [3.05, 3.63) is 105 Å². The number of thiophene rings is 1. The lowest BCUT2D eigenvalue weighted by atomic mass is 10.0. The normalized spacial score (nSPS) is 10.8. The second-order valence-electron chi connectivity index (χ2n) is 7.64. The number of carbonyl (C=O) groups is 1. The minimum Gasteiger partial charge on any atom is -0.481 e. The third-order valence-electron chi connectivity index (χ3n) is 5.35. The van der Waals surface area contributed by atoms with Crippen molar-refractivity contribution < 1.29 is 9.53 Å². The van der Waals surface area contributed by atoms with Gasteiger partial charge in [-0.05, 0) is 42.5 Å². The Labute approximate surface area is 214 Å². The molecule has 0 radical (unpaired) electrons. The van der Waals surface area contributed by atoms with Gasteiger partial charge in [0.1, 0.15) is 5.69 Å². The van der Waals surface area contributed by atoms with E-state index in [9.17, 15) is 9.59 Å². The number of aromatic nitrogens is 5. The number of carbonyl (C=O) groups excluding carboxylic acids is 1. The summed E-state index contributed by atoms with van der Waals surface area (Å²) in [6, 6.07) is 17.6. The lowest BCUT2D eigenvalue weighted by molar-refractivity contribution is 0.0954. The van der Waals surface area contributed by atoms with Crippen molar-refractivity contribution in [1.29, 1.82) is 0 Å². The number of methoxy groups -OCH3 is 1. The number of halogens is 1. The number of hydrogen-bond donors (Lipinski definition) is 1. The van der Waals surface area contributed by atoms with E-state index in [0.717, 1.165) is 16.8 Å². The minimum atomic E-state index is -0.232. The molecule has 4 heterocycles. The van der Waals surface area contributed by atoms with Gasteiger partial charge in [-0.3, -0.25) is 14.2 Å². The van der Waals surface area contributed by atoms with Gasteiger partial charge in [-0.1, -0.05) is 22.9 Å². The summed E-state index contributed by atoms with van der Waals surface area (Å²) in [6.45, 7) is 0.200. The molecule has 5 rings (SSSR count). The summed E-state index contributed by atoms with van der Waals surface area (Å²) in [6.07, 6.45) is 5.15. The predicted octanol–water partition coefficient (Wildman–Crippen LogP) is 4.13. The molecule has 0 aliphatic rings. The minimum absolute atomic E-state index is 0.144. The molecule has 0 aliphatic carbocycles. The number of amides is 1. The van der Waals surface area contributed by atoms with Gasteiger partial charge in [0.2, 0.25) is 5.88 Å². The number of rotatable bonds is 7. The third-order valence-corrected chi connectivity index (χ3v) is 6.58. The van der Waals surface area contributed by atoms with Crippen LogP contribution in [-0.2, 0) is 6.54 Å². The van der Waals surface area contributed by atoms with E-state index in [2.05, 4.69) is 20.6 Å². The summed E-state index contributed by atoms with van der Waals surface area (Å²) < 4.78 is 8.92. The Morgan fingerprint density at radius 3 is 2.75 bits per heavy atom. The second-order valence-corrected chi connectivity index (χ2v) is 9.36. The first-order valence-corrected chi connectivity index (χ1v) is 12.0. The number of pyridine rings is 2. The van der Waals surface area contributed by atoms with E-state index in [-0.39, 0.29) is 18.0 Å². The summed E-state index contributed by atoms with van der Waals surface area (Å²) >= 11 is 7.13. The first kappa shape index (κ1) is 23.5. The van der Waals surface area contributed by atoms with Gasteiger partial charge in [0.05, 0.1) is 34.8 Å². The van der Waals surface area contributed by atoms with Crippen LogP contribution in [0.15, 0.2) is 84.0 Å². The van der Waals surface area contributed by atoms with E-state index in [1.54, 1.807) is 65.3 Å². The molecule has 1 amide bonds. The highest BCUT2D eigenvalue weighted by molar-refractivity contribution is 7.17. The highest BCUT2D eigenvalue weighted by Crippen LogP contribution is 2.29. The first-order chi connectivity index (χ1) is 17.5. The zero-order valence-electron chi connectivity index (χ0n) is 19.0. The lowest BCUT2D eigenvalue weighted by Gasteiger charge is -2.13. The van der Waals surface area contributed by atoms with Crippen LogP contribution in [0.25, 0.3) is 22.5 Å². The van der Waals surface area contributed by atoms with E-state index in [1.807, 2.05) is 24.3 Å². The summed E-state index contributed by atoms with van der Waals surface area (Å²) in [5, 5.41) is 11.3. The van der Waals surface area contributed by atoms with E-state index in [4.69, 9.17) is 16.3 Å². The predicted molar refractivity (Wildman–Crippen MR) is 137 cm³/mol. The smallest absolute Gasteiger partial charge is 0.261 e. The van der Waals surface area contributed by atoms with Gasteiger partial charge < -0.3 is 10.1 Å². The average molecular weight is 519 g/mol. The molecule has 0 saturated carbocycles. The van der Waals surface area contributed by atoms with E-state index in [1.165, 1.54) is 17.4 Å². The van der Waals surface area contributed by atoms with Gasteiger partial charge in [0.25, 0.3) is 11.5 Å². The second kappa shape index (κ2) is 10.1. The van der Waals surface area contributed by atoms with Gasteiger partial charge >= 0.3 is 0 Å². The number of ether oxygens (including phenoxy) is 1. The van der Waals surface area contributed by atoms with Crippen LogP contribution < -0.4 is 15.6 Å². The van der Waals surface area contributed by atoms with E-state index < -0.39 is 0 Å². The maximum absolute atomic E-state index is 12.4. The van der Waals surface area contributed by atoms with E-state index in [0.29, 0.717) is 26.5 Å². The number of nitrogens with zero attached hydrogens (tertiary/aromatic N) is 5. The van der Waals surface area contributed by atoms with Crippen molar-refractivity contribution >= 4 is 28.8 Å². The molecule has 1 N–H and O–H groups in total. The molecule has 0 unspecified atom stereocenters. The van der Waals surface area contributed by atoms with Gasteiger partial charge in [-0.25, -0.2) is 9.67 Å². The average Bonchev–Trinajstić information content (AvgIpc) is 3.56. The zero-order valence-corrected chi connectivity index (χ0v) is 20.5. The molecule has 1 aromatic carbocycles. The van der Waals surface area contributed by atoms with Crippen LogP contribution in [-0.4, -0.2) is 37.6 Å². The molecule has 0 bridgehead atoms. The van der Waals surface area contributed by atoms with Gasteiger partial charge in [-0.15, -0.1) is 16.4 Å². The highest BCUT2D eigenvalue weighted by atomic mass is 35.5. The van der Waals surface area contributed by atoms with Crippen molar-refractivity contribution in [2.45, 2.75) is 6.54 Å². The monoisotopic (exact) mass is 518 g/mol. The summed E-state index contributed by atoms with van der Waals surface area (Å²) in [4.78, 5) is 29.6. The molecular formula is C25H19ClN6O3S. The van der Waals surface area contributed by atoms with Crippen molar-refractivity contribution in [3.63, 3.8) is 0 Å². The fraction of sp³-hybridized carbons (Fsp3) is 0.0800. The van der Waals surface area contributed by atoms with Crippen LogP contribution in [0.4, 0.5) is 0 Å². The van der Waals surface area contributed by atoms with Crippen molar-refractivity contribution in [1.82, 2.24) is 29.9 Å². The molecule has 4 aromatic heterocycles. The largest absolute Gasteiger partial charge is 0.481 e. The van der Waals surface area contributed by atoms with Crippen LogP contribution in [0.2, 0.25) is 4.34 Å². The van der Waals surface area contributed by atoms with Gasteiger partial charge in [0, 0.05) is 41.3 Å². The lowest BCUT2D eigenvalue weighted by Crippen LogP contribution is -2.21. The maximum atomic E-state index is 12.4. The zero-order chi connectivity index (χ0) is 25.1. The molecule has 11 heteroatoms. The van der Waals surface area contributed by atoms with Crippen LogP contribution in [0.5, 0.6) is 5.88 Å². The number of nitrogens with one attached hydrogen (secondary N) is 1. The topological polar surface area (TPSA) is 104 Å². The Balaban J connectivity index is 1.48. The number of hydrogen-bond acceptors (Lipinski definition) is 7. The fourth-order valence-corrected chi connectivity index (χ4v) is 4.56. The fourth-order valence-electron chi connectivity index (χ4n) is 3.60. The summed E-state index contributed by atoms with van der Waals surface area (Å²) in [5.74, 6) is 0.255. The highest BCUT2D eigenvalue weighted by Gasteiger charge is 2.14. The quantitative estimate of drug-likeness (QED) is 0.347. The molecule has 0 atom stereocenters. The molecule has 180 valence electrons. The van der Waals surface area contributed by atoms with Gasteiger partial charge in [0.15, 0.2) is 0 Å².